The Kier molecular flexibility index (Phi) is 3.38. The van der Waals surface area contributed by atoms with E-state index >= 15 is 0 Å². The Labute approximate surface area is 124 Å². The highest BCUT2D eigenvalue weighted by atomic mass is 35.5. The Bertz CT molecular complexity index is 587. The van der Waals surface area contributed by atoms with Crippen molar-refractivity contribution in [2.24, 2.45) is 0 Å². The van der Waals surface area contributed by atoms with E-state index in [1.165, 1.54) is 18.2 Å². The smallest absolute Gasteiger partial charge is 0.337 e. The van der Waals surface area contributed by atoms with Gasteiger partial charge in [0.25, 0.3) is 0 Å². The lowest BCUT2D eigenvalue weighted by Crippen LogP contribution is -3.27. The molecule has 1 fully saturated rings. The van der Waals surface area contributed by atoms with Crippen LogP contribution in [0.4, 0.5) is 18.9 Å². The zero-order chi connectivity index (χ0) is 15.3. The number of alkyl halides is 3. The topological polar surface area (TPSA) is 50.1 Å². The van der Waals surface area contributed by atoms with Crippen molar-refractivity contribution in [3.8, 4) is 0 Å². The number of quaternary nitrogens is 2. The second-order valence-corrected chi connectivity index (χ2v) is 5.80. The fourth-order valence-electron chi connectivity index (χ4n) is 3.32. The predicted molar refractivity (Wildman–Crippen MR) is 70.2 cm³/mol. The number of nitrogens with one attached hydrogen (secondary N) is 2. The van der Waals surface area contributed by atoms with Crippen molar-refractivity contribution in [3.63, 3.8) is 0 Å². The lowest BCUT2D eigenvalue weighted by molar-refractivity contribution is -0.997. The van der Waals surface area contributed by atoms with Gasteiger partial charge in [0.15, 0.2) is 0 Å². The molecule has 21 heavy (non-hydrogen) atoms. The van der Waals surface area contributed by atoms with Gasteiger partial charge in [0.2, 0.25) is 0 Å². The average molecular weight is 322 g/mol. The third-order valence-electron chi connectivity index (χ3n) is 4.23. The first-order chi connectivity index (χ1) is 9.87. The van der Waals surface area contributed by atoms with Gasteiger partial charge in [0.1, 0.15) is 26.2 Å². The van der Waals surface area contributed by atoms with Gasteiger partial charge in [-0.15, -0.1) is 0 Å². The lowest BCUT2D eigenvalue weighted by Gasteiger charge is -2.38. The Balaban J connectivity index is 2.19. The number of amides is 1. The van der Waals surface area contributed by atoms with Crippen LogP contribution < -0.4 is 15.5 Å². The van der Waals surface area contributed by atoms with Crippen LogP contribution in [0.1, 0.15) is 5.56 Å². The molecule has 2 heterocycles. The quantitative estimate of drug-likeness (QED) is 0.642. The van der Waals surface area contributed by atoms with Crippen molar-refractivity contribution < 1.29 is 28.2 Å². The zero-order valence-electron chi connectivity index (χ0n) is 11.1. The van der Waals surface area contributed by atoms with Crippen LogP contribution in [0.2, 0.25) is 5.02 Å². The normalized spacial score (nSPS) is 26.6. The van der Waals surface area contributed by atoms with Gasteiger partial charge in [-0.3, -0.25) is 4.79 Å². The van der Waals surface area contributed by atoms with E-state index in [0.717, 1.165) is 0 Å². The average Bonchev–Trinajstić information content (AvgIpc) is 2.71. The molecular weight excluding hydrogens is 307 g/mol. The van der Waals surface area contributed by atoms with E-state index < -0.39 is 17.6 Å². The molecule has 2 aliphatic rings. The summed E-state index contributed by atoms with van der Waals surface area (Å²) < 4.78 is 41.7. The van der Waals surface area contributed by atoms with E-state index in [9.17, 15) is 18.0 Å². The number of rotatable bonds is 1. The van der Waals surface area contributed by atoms with Gasteiger partial charge in [-0.25, -0.2) is 0 Å². The van der Waals surface area contributed by atoms with Crippen molar-refractivity contribution in [1.29, 1.82) is 0 Å². The number of fused-ring (bicyclic) bond motifs is 1. The van der Waals surface area contributed by atoms with Crippen molar-refractivity contribution in [1.82, 2.24) is 0 Å². The van der Waals surface area contributed by atoms with E-state index in [1.54, 1.807) is 0 Å². The molecule has 0 radical (unpaired) electrons. The monoisotopic (exact) mass is 321 g/mol. The van der Waals surface area contributed by atoms with Crippen LogP contribution in [-0.2, 0) is 10.3 Å². The van der Waals surface area contributed by atoms with Crippen LogP contribution in [0, 0.1) is 0 Å². The predicted octanol–water partition coefficient (Wildman–Crippen LogP) is -0.488. The molecule has 0 aliphatic carbocycles. The largest absolute Gasteiger partial charge is 0.459 e. The van der Waals surface area contributed by atoms with Gasteiger partial charge in [-0.2, -0.15) is 13.2 Å². The molecule has 1 aromatic rings. The second-order valence-electron chi connectivity index (χ2n) is 5.36. The standard InChI is InChI=1S/C13H13ClF3N3O/c14-8-1-2-9-10(7-8)19-11(21)12(9,13(15,16)17)20-5-3-18-4-6-20/h1-2,7,18H,3-6H2,(H,19,21)/p+2/t12-/m0/s1. The molecule has 0 aromatic heterocycles. The Morgan fingerprint density at radius 1 is 1.29 bits per heavy atom. The third-order valence-corrected chi connectivity index (χ3v) is 4.47. The summed E-state index contributed by atoms with van der Waals surface area (Å²) in [7, 11) is 0. The van der Waals surface area contributed by atoms with Crippen LogP contribution in [0.25, 0.3) is 0 Å². The fraction of sp³-hybridized carbons (Fsp3) is 0.462. The first-order valence-electron chi connectivity index (χ1n) is 6.72. The summed E-state index contributed by atoms with van der Waals surface area (Å²) in [5.41, 5.74) is -2.39. The zero-order valence-corrected chi connectivity index (χ0v) is 11.8. The lowest BCUT2D eigenvalue weighted by atomic mass is 9.87. The minimum atomic E-state index is -4.66. The summed E-state index contributed by atoms with van der Waals surface area (Å²) in [4.78, 5) is 12.6. The highest BCUT2D eigenvalue weighted by molar-refractivity contribution is 6.31. The van der Waals surface area contributed by atoms with Crippen molar-refractivity contribution in [3.05, 3.63) is 28.8 Å². The molecule has 1 aromatic carbocycles. The molecule has 1 amide bonds. The first-order valence-corrected chi connectivity index (χ1v) is 7.10. The van der Waals surface area contributed by atoms with Crippen LogP contribution >= 0.6 is 11.6 Å². The summed E-state index contributed by atoms with van der Waals surface area (Å²) in [6.45, 7) is 1.72. The maximum atomic E-state index is 13.9. The summed E-state index contributed by atoms with van der Waals surface area (Å²) >= 11 is 5.82. The molecule has 4 N–H and O–H groups in total. The number of hydrogen-bond donors (Lipinski definition) is 3. The molecule has 8 heteroatoms. The highest BCUT2D eigenvalue weighted by Gasteiger charge is 2.72. The van der Waals surface area contributed by atoms with Crippen LogP contribution in [0.15, 0.2) is 18.2 Å². The molecule has 0 saturated carbocycles. The molecule has 1 saturated heterocycles. The molecule has 1 atom stereocenters. The van der Waals surface area contributed by atoms with Gasteiger partial charge in [-0.05, 0) is 18.2 Å². The highest BCUT2D eigenvalue weighted by Crippen LogP contribution is 2.45. The summed E-state index contributed by atoms with van der Waals surface area (Å²) in [6, 6.07) is 4.09. The molecular formula is C13H15ClF3N3O+2. The van der Waals surface area contributed by atoms with Crippen LogP contribution in [-0.4, -0.2) is 38.3 Å². The third kappa shape index (κ3) is 2.03. The number of carbonyl (C=O) groups is 1. The number of piperazine rings is 1. The van der Waals surface area contributed by atoms with Crippen LogP contribution in [0.3, 0.4) is 0 Å². The molecule has 2 aliphatic heterocycles. The summed E-state index contributed by atoms with van der Waals surface area (Å²) in [5.74, 6) is -1.01. The fourth-order valence-corrected chi connectivity index (χ4v) is 3.49. The van der Waals surface area contributed by atoms with Gasteiger partial charge in [-0.1, -0.05) is 11.6 Å². The van der Waals surface area contributed by atoms with E-state index in [-0.39, 0.29) is 29.2 Å². The first kappa shape index (κ1) is 14.6. The maximum Gasteiger partial charge on any atom is 0.459 e. The van der Waals surface area contributed by atoms with Gasteiger partial charge in [0.05, 0.1) is 11.3 Å². The molecule has 0 spiro atoms. The van der Waals surface area contributed by atoms with Gasteiger partial charge in [0, 0.05) is 5.02 Å². The van der Waals surface area contributed by atoms with E-state index in [1.807, 2.05) is 5.32 Å². The Morgan fingerprint density at radius 3 is 2.57 bits per heavy atom. The summed E-state index contributed by atoms with van der Waals surface area (Å²) in [6.07, 6.45) is -4.66. The molecule has 114 valence electrons. The molecule has 4 nitrogen and oxygen atoms in total. The molecule has 0 unspecified atom stereocenters. The van der Waals surface area contributed by atoms with Gasteiger partial charge < -0.3 is 15.5 Å². The van der Waals surface area contributed by atoms with Crippen molar-refractivity contribution in [2.45, 2.75) is 11.7 Å². The molecule has 3 rings (SSSR count). The second kappa shape index (κ2) is 4.86. The van der Waals surface area contributed by atoms with Crippen molar-refractivity contribution >= 4 is 23.2 Å². The SMILES string of the molecule is O=C1Nc2cc(Cl)ccc2[C@@]1([NH+]1CC[NH2+]CC1)C(F)(F)F. The maximum absolute atomic E-state index is 13.9. The minimum Gasteiger partial charge on any atom is -0.337 e. The van der Waals surface area contributed by atoms with Crippen LogP contribution in [0.5, 0.6) is 0 Å². The Hall–Kier alpha value is -1.31. The van der Waals surface area contributed by atoms with E-state index in [2.05, 4.69) is 5.32 Å². The minimum absolute atomic E-state index is 0.0266. The number of halogens is 4. The van der Waals surface area contributed by atoms with E-state index in [0.29, 0.717) is 18.1 Å². The number of anilines is 1. The summed E-state index contributed by atoms with van der Waals surface area (Å²) in [5, 5.41) is 4.62. The molecule has 0 bridgehead atoms. The Morgan fingerprint density at radius 2 is 1.95 bits per heavy atom. The number of hydrogen-bond acceptors (Lipinski definition) is 1. The van der Waals surface area contributed by atoms with Crippen molar-refractivity contribution in [2.75, 3.05) is 31.5 Å². The number of benzene rings is 1. The van der Waals surface area contributed by atoms with E-state index in [4.69, 9.17) is 11.6 Å². The number of nitrogens with two attached hydrogens (primary N) is 1. The van der Waals surface area contributed by atoms with Gasteiger partial charge >= 0.3 is 17.6 Å². The number of carbonyl (C=O) groups excluding carboxylic acids is 1.